The minimum Gasteiger partial charge on any atom is -0.372 e. The van der Waals surface area contributed by atoms with Gasteiger partial charge < -0.3 is 4.18 Å². The van der Waals surface area contributed by atoms with E-state index >= 15 is 0 Å². The lowest BCUT2D eigenvalue weighted by atomic mass is 9.89. The van der Waals surface area contributed by atoms with Crippen molar-refractivity contribution in [1.29, 1.82) is 0 Å². The topological polar surface area (TPSA) is 160 Å². The molecular formula is C17H18BN5O5S2. The maximum absolute atomic E-state index is 11.4. The van der Waals surface area contributed by atoms with E-state index in [4.69, 9.17) is 18.1 Å². The first-order valence-corrected chi connectivity index (χ1v) is 11.7. The van der Waals surface area contributed by atoms with Crippen molar-refractivity contribution in [2.24, 2.45) is 10.3 Å². The SMILES string of the molecule is [B]c1cc(C(c2ccc(CS(N)(=O)=O)c(C)c2)n2cncn2)ccc1OS(N)(=O)=O. The molecule has 0 bridgehead atoms. The molecule has 1 aromatic heterocycles. The zero-order valence-electron chi connectivity index (χ0n) is 15.8. The molecule has 0 spiro atoms. The van der Waals surface area contributed by atoms with E-state index in [1.165, 1.54) is 18.7 Å². The fourth-order valence-electron chi connectivity index (χ4n) is 3.05. The number of nitrogens with zero attached hydrogens (tertiary/aromatic N) is 3. The van der Waals surface area contributed by atoms with Crippen LogP contribution in [0, 0.1) is 6.92 Å². The molecule has 1 unspecified atom stereocenters. The first kappa shape index (κ1) is 22.0. The summed E-state index contributed by atoms with van der Waals surface area (Å²) >= 11 is 0. The lowest BCUT2D eigenvalue weighted by Gasteiger charge is -2.21. The Morgan fingerprint density at radius 3 is 2.30 bits per heavy atom. The number of benzene rings is 2. The summed E-state index contributed by atoms with van der Waals surface area (Å²) in [5, 5.41) is 14.2. The predicted molar refractivity (Wildman–Crippen MR) is 111 cm³/mol. The highest BCUT2D eigenvalue weighted by Gasteiger charge is 2.20. The molecular weight excluding hydrogens is 429 g/mol. The largest absolute Gasteiger partial charge is 0.380 e. The Hall–Kier alpha value is -2.74. The number of hydrogen-bond acceptors (Lipinski definition) is 7. The molecule has 0 aliphatic carbocycles. The number of primary sulfonamides is 1. The molecule has 0 aliphatic rings. The third-order valence-electron chi connectivity index (χ3n) is 4.30. The zero-order valence-corrected chi connectivity index (χ0v) is 17.5. The highest BCUT2D eigenvalue weighted by atomic mass is 32.2. The third kappa shape index (κ3) is 5.45. The van der Waals surface area contributed by atoms with Crippen molar-refractivity contribution < 1.29 is 21.0 Å². The molecule has 4 N–H and O–H groups in total. The molecule has 156 valence electrons. The average molecular weight is 447 g/mol. The predicted octanol–water partition coefficient (Wildman–Crippen LogP) is -0.611. The summed E-state index contributed by atoms with van der Waals surface area (Å²) in [5.74, 6) is -0.377. The zero-order chi connectivity index (χ0) is 22.1. The normalized spacial score (nSPS) is 13.2. The number of aryl methyl sites for hydroxylation is 1. The summed E-state index contributed by atoms with van der Waals surface area (Å²) in [7, 11) is -1.94. The van der Waals surface area contributed by atoms with Gasteiger partial charge in [0.2, 0.25) is 10.0 Å². The van der Waals surface area contributed by atoms with Gasteiger partial charge in [-0.3, -0.25) is 0 Å². The summed E-state index contributed by atoms with van der Waals surface area (Å²) in [5.41, 5.74) is 2.81. The summed E-state index contributed by atoms with van der Waals surface area (Å²) in [6.07, 6.45) is 2.89. The molecule has 3 rings (SSSR count). The van der Waals surface area contributed by atoms with Crippen molar-refractivity contribution in [1.82, 2.24) is 14.8 Å². The van der Waals surface area contributed by atoms with Crippen LogP contribution in [0.15, 0.2) is 49.1 Å². The number of rotatable bonds is 7. The first-order valence-electron chi connectivity index (χ1n) is 8.48. The van der Waals surface area contributed by atoms with Crippen molar-refractivity contribution in [2.75, 3.05) is 0 Å². The molecule has 3 aromatic rings. The van der Waals surface area contributed by atoms with Crippen LogP contribution in [0.3, 0.4) is 0 Å². The van der Waals surface area contributed by atoms with Gasteiger partial charge in [0.05, 0.1) is 5.75 Å². The van der Waals surface area contributed by atoms with E-state index in [2.05, 4.69) is 14.3 Å². The Labute approximate surface area is 175 Å². The van der Waals surface area contributed by atoms with Gasteiger partial charge in [-0.1, -0.05) is 35.8 Å². The number of sulfonamides is 1. The molecule has 0 fully saturated rings. The van der Waals surface area contributed by atoms with Gasteiger partial charge in [-0.25, -0.2) is 23.2 Å². The average Bonchev–Trinajstić information content (AvgIpc) is 3.12. The Morgan fingerprint density at radius 2 is 1.77 bits per heavy atom. The van der Waals surface area contributed by atoms with Crippen LogP contribution in [-0.4, -0.2) is 39.4 Å². The second-order valence-electron chi connectivity index (χ2n) is 6.64. The first-order chi connectivity index (χ1) is 13.9. The molecule has 1 heterocycles. The minimum absolute atomic E-state index is 0.0641. The summed E-state index contributed by atoms with van der Waals surface area (Å²) < 4.78 is 51.5. The summed E-state index contributed by atoms with van der Waals surface area (Å²) in [6, 6.07) is 9.34. The molecule has 30 heavy (non-hydrogen) atoms. The second-order valence-corrected chi connectivity index (χ2v) is 9.41. The monoisotopic (exact) mass is 447 g/mol. The van der Waals surface area contributed by atoms with Gasteiger partial charge >= 0.3 is 10.3 Å². The van der Waals surface area contributed by atoms with Crippen LogP contribution in [0.5, 0.6) is 5.75 Å². The van der Waals surface area contributed by atoms with Crippen molar-refractivity contribution in [3.63, 3.8) is 0 Å². The van der Waals surface area contributed by atoms with Gasteiger partial charge in [-0.05, 0) is 35.2 Å². The van der Waals surface area contributed by atoms with Crippen LogP contribution in [-0.2, 0) is 26.1 Å². The Kier molecular flexibility index (Phi) is 5.99. The van der Waals surface area contributed by atoms with Gasteiger partial charge in [-0.2, -0.15) is 18.7 Å². The summed E-state index contributed by atoms with van der Waals surface area (Å²) in [6.45, 7) is 1.78. The molecule has 10 nitrogen and oxygen atoms in total. The van der Waals surface area contributed by atoms with E-state index in [0.717, 1.165) is 11.1 Å². The summed E-state index contributed by atoms with van der Waals surface area (Å²) in [4.78, 5) is 3.98. The van der Waals surface area contributed by atoms with E-state index in [1.807, 2.05) is 6.07 Å². The smallest absolute Gasteiger partial charge is 0.372 e. The molecule has 2 aromatic carbocycles. The molecule has 13 heteroatoms. The molecule has 0 aliphatic heterocycles. The van der Waals surface area contributed by atoms with Crippen LogP contribution in [0.1, 0.15) is 28.3 Å². The van der Waals surface area contributed by atoms with Crippen LogP contribution < -0.4 is 19.9 Å². The van der Waals surface area contributed by atoms with Gasteiger partial charge in [-0.15, -0.1) is 0 Å². The van der Waals surface area contributed by atoms with Crippen molar-refractivity contribution >= 4 is 33.6 Å². The van der Waals surface area contributed by atoms with Crippen molar-refractivity contribution in [2.45, 2.75) is 18.7 Å². The van der Waals surface area contributed by atoms with Gasteiger partial charge in [0.15, 0.2) is 0 Å². The standard InChI is InChI=1S/C17H18BN5O5S2/c1-11-6-12(2-3-14(11)8-29(19,24)25)17(23-10-21-9-22-23)13-4-5-16(15(18)7-13)28-30(20,26)27/h2-7,9-10,17H,8H2,1H3,(H2,19,24,25)(H2,20,26,27). The maximum Gasteiger partial charge on any atom is 0.380 e. The van der Waals surface area contributed by atoms with Crippen LogP contribution in [0.4, 0.5) is 0 Å². The van der Waals surface area contributed by atoms with Crippen LogP contribution in [0.25, 0.3) is 0 Å². The van der Waals surface area contributed by atoms with Gasteiger partial charge in [0, 0.05) is 0 Å². The fraction of sp³-hybridized carbons (Fsp3) is 0.176. The van der Waals surface area contributed by atoms with Gasteiger partial charge in [0.25, 0.3) is 0 Å². The molecule has 0 saturated carbocycles. The number of aromatic nitrogens is 3. The second kappa shape index (κ2) is 8.18. The number of nitrogens with two attached hydrogens (primary N) is 2. The van der Waals surface area contributed by atoms with Gasteiger partial charge in [0.1, 0.15) is 32.3 Å². The Bertz CT molecular complexity index is 1190. The molecule has 0 amide bonds. The Balaban J connectivity index is 2.06. The van der Waals surface area contributed by atoms with Crippen LogP contribution >= 0.6 is 0 Å². The van der Waals surface area contributed by atoms with E-state index in [9.17, 15) is 16.8 Å². The molecule has 1 atom stereocenters. The highest BCUT2D eigenvalue weighted by molar-refractivity contribution is 7.88. The fourth-order valence-corrected chi connectivity index (χ4v) is 4.21. The lowest BCUT2D eigenvalue weighted by molar-refractivity contribution is 0.489. The van der Waals surface area contributed by atoms with Crippen molar-refractivity contribution in [3.05, 3.63) is 71.3 Å². The Morgan fingerprint density at radius 1 is 1.10 bits per heavy atom. The molecule has 2 radical (unpaired) electrons. The van der Waals surface area contributed by atoms with E-state index in [0.29, 0.717) is 11.1 Å². The van der Waals surface area contributed by atoms with E-state index in [1.54, 1.807) is 35.9 Å². The minimum atomic E-state index is -4.22. The lowest BCUT2D eigenvalue weighted by Crippen LogP contribution is -2.23. The maximum atomic E-state index is 11.4. The number of hydrogen-bond donors (Lipinski definition) is 2. The van der Waals surface area contributed by atoms with Crippen LogP contribution in [0.2, 0.25) is 0 Å². The third-order valence-corrected chi connectivity index (χ3v) is 5.42. The quantitative estimate of drug-likeness (QED) is 0.457. The molecule has 0 saturated heterocycles. The highest BCUT2D eigenvalue weighted by Crippen LogP contribution is 2.28. The van der Waals surface area contributed by atoms with E-state index in [-0.39, 0.29) is 17.0 Å². The van der Waals surface area contributed by atoms with Crippen molar-refractivity contribution in [3.8, 4) is 5.75 Å². The van der Waals surface area contributed by atoms with E-state index < -0.39 is 26.4 Å².